The molecule has 0 radical (unpaired) electrons. The van der Waals surface area contributed by atoms with Crippen molar-refractivity contribution in [1.82, 2.24) is 10.4 Å². The Kier molecular flexibility index (Phi) is 13.1. The number of rotatable bonds is 13. The van der Waals surface area contributed by atoms with Gasteiger partial charge in [-0.3, -0.25) is 20.0 Å². The van der Waals surface area contributed by atoms with E-state index in [9.17, 15) is 9.59 Å². The van der Waals surface area contributed by atoms with Gasteiger partial charge in [0.05, 0.1) is 0 Å². The van der Waals surface area contributed by atoms with Crippen LogP contribution in [-0.2, 0) is 9.59 Å². The van der Waals surface area contributed by atoms with Crippen molar-refractivity contribution in [2.45, 2.75) is 77.6 Å². The van der Waals surface area contributed by atoms with Gasteiger partial charge in [0.25, 0.3) is 0 Å². The summed E-state index contributed by atoms with van der Waals surface area (Å²) >= 11 is 0. The van der Waals surface area contributed by atoms with Gasteiger partial charge >= 0.3 is 0 Å². The van der Waals surface area contributed by atoms with Gasteiger partial charge in [-0.05, 0) is 6.42 Å². The molecule has 0 aromatic carbocycles. The summed E-state index contributed by atoms with van der Waals surface area (Å²) in [6.07, 6.45) is 12.1. The predicted molar refractivity (Wildman–Crippen MR) is 84.7 cm³/mol. The van der Waals surface area contributed by atoms with Gasteiger partial charge in [0.15, 0.2) is 0 Å². The minimum absolute atomic E-state index is 0.287. The number of nitrogens with two attached hydrogens (primary N) is 2. The van der Waals surface area contributed by atoms with Gasteiger partial charge < -0.3 is 0 Å². The highest BCUT2D eigenvalue weighted by molar-refractivity contribution is 5.96. The lowest BCUT2D eigenvalue weighted by molar-refractivity contribution is -0.136. The van der Waals surface area contributed by atoms with E-state index in [1.807, 2.05) is 5.43 Å². The molecule has 5 N–H and O–H groups in total. The first-order valence-electron chi connectivity index (χ1n) is 8.16. The van der Waals surface area contributed by atoms with Gasteiger partial charge in [0.1, 0.15) is 6.42 Å². The Morgan fingerprint density at radius 1 is 0.905 bits per heavy atom. The van der Waals surface area contributed by atoms with Crippen LogP contribution in [0, 0.1) is 0 Å². The van der Waals surface area contributed by atoms with Crippen LogP contribution >= 0.6 is 0 Å². The average Bonchev–Trinajstić information content (AvgIpc) is 2.48. The normalized spacial score (nSPS) is 10.4. The first kappa shape index (κ1) is 19.9. The van der Waals surface area contributed by atoms with Crippen LogP contribution in [0.15, 0.2) is 0 Å². The maximum atomic E-state index is 11.5. The third-order valence-corrected chi connectivity index (χ3v) is 3.55. The zero-order valence-electron chi connectivity index (χ0n) is 13.4. The number of carbonyl (C=O) groups excluding carboxylic acids is 2. The van der Waals surface area contributed by atoms with Crippen LogP contribution < -0.4 is 17.1 Å². The molecule has 0 saturated carbocycles. The molecular weight excluding hydrogens is 268 g/mol. The summed E-state index contributed by atoms with van der Waals surface area (Å²) in [7, 11) is 0. The quantitative estimate of drug-likeness (QED) is 0.159. The van der Waals surface area contributed by atoms with Gasteiger partial charge in [-0.2, -0.15) is 0 Å². The second-order valence-electron chi connectivity index (χ2n) is 5.51. The molecule has 0 rings (SSSR count). The lowest BCUT2D eigenvalue weighted by Crippen LogP contribution is -2.42. The van der Waals surface area contributed by atoms with Crippen molar-refractivity contribution >= 4 is 11.8 Å². The number of nitrogens with zero attached hydrogens (tertiary/aromatic N) is 1. The van der Waals surface area contributed by atoms with E-state index in [-0.39, 0.29) is 6.42 Å². The molecule has 124 valence electrons. The molecule has 6 heteroatoms. The SMILES string of the molecule is CCCCCCCCCCCCN(N)C(=O)CC(=O)NN. The molecule has 0 fully saturated rings. The van der Waals surface area contributed by atoms with E-state index in [4.69, 9.17) is 11.7 Å². The Morgan fingerprint density at radius 3 is 1.86 bits per heavy atom. The zero-order valence-corrected chi connectivity index (χ0v) is 13.4. The topological polar surface area (TPSA) is 101 Å². The molecule has 2 amide bonds. The van der Waals surface area contributed by atoms with E-state index in [0.717, 1.165) is 17.9 Å². The smallest absolute Gasteiger partial charge is 0.245 e. The summed E-state index contributed by atoms with van der Waals surface area (Å²) in [6.45, 7) is 2.72. The maximum absolute atomic E-state index is 11.5. The van der Waals surface area contributed by atoms with Crippen LogP contribution in [0.1, 0.15) is 77.6 Å². The molecule has 0 aromatic rings. The van der Waals surface area contributed by atoms with E-state index in [1.165, 1.54) is 51.4 Å². The molecule has 0 spiro atoms. The molecule has 0 saturated heterocycles. The fraction of sp³-hybridized carbons (Fsp3) is 0.867. The lowest BCUT2D eigenvalue weighted by Gasteiger charge is -2.15. The highest BCUT2D eigenvalue weighted by atomic mass is 16.2. The Hall–Kier alpha value is -1.14. The Balaban J connectivity index is 3.37. The summed E-state index contributed by atoms with van der Waals surface area (Å²) in [5.41, 5.74) is 1.92. The fourth-order valence-electron chi connectivity index (χ4n) is 2.18. The molecule has 0 aromatic heterocycles. The molecule has 6 nitrogen and oxygen atoms in total. The Bertz CT molecular complexity index is 285. The number of amides is 2. The highest BCUT2D eigenvalue weighted by Crippen LogP contribution is 2.10. The average molecular weight is 300 g/mol. The predicted octanol–water partition coefficient (Wildman–Crippen LogP) is 1.99. The second kappa shape index (κ2) is 13.8. The van der Waals surface area contributed by atoms with Crippen molar-refractivity contribution < 1.29 is 9.59 Å². The summed E-state index contributed by atoms with van der Waals surface area (Å²) < 4.78 is 0. The van der Waals surface area contributed by atoms with Gasteiger partial charge in [-0.25, -0.2) is 11.7 Å². The number of nitrogens with one attached hydrogen (secondary N) is 1. The molecule has 0 atom stereocenters. The second-order valence-corrected chi connectivity index (χ2v) is 5.51. The fourth-order valence-corrected chi connectivity index (χ4v) is 2.18. The van der Waals surface area contributed by atoms with Crippen molar-refractivity contribution in [1.29, 1.82) is 0 Å². The van der Waals surface area contributed by atoms with Crippen LogP contribution in [-0.4, -0.2) is 23.4 Å². The molecular formula is C15H32N4O2. The van der Waals surface area contributed by atoms with Gasteiger partial charge in [-0.15, -0.1) is 0 Å². The molecule has 0 bridgehead atoms. The van der Waals surface area contributed by atoms with E-state index in [2.05, 4.69) is 6.92 Å². The summed E-state index contributed by atoms with van der Waals surface area (Å²) in [6, 6.07) is 0. The van der Waals surface area contributed by atoms with Gasteiger partial charge in [0, 0.05) is 6.54 Å². The third-order valence-electron chi connectivity index (χ3n) is 3.55. The standard InChI is InChI=1S/C15H32N4O2/c1-2-3-4-5-6-7-8-9-10-11-12-19(17)15(21)13-14(20)18-16/h2-13,16-17H2,1H3,(H,18,20). The summed E-state index contributed by atoms with van der Waals surface area (Å²) in [4.78, 5) is 22.4. The van der Waals surface area contributed by atoms with Crippen molar-refractivity contribution in [3.8, 4) is 0 Å². The number of hydrogen-bond donors (Lipinski definition) is 3. The summed E-state index contributed by atoms with van der Waals surface area (Å²) in [5, 5.41) is 1.11. The number of unbranched alkanes of at least 4 members (excludes halogenated alkanes) is 9. The maximum Gasteiger partial charge on any atom is 0.245 e. The minimum atomic E-state index is -0.515. The van der Waals surface area contributed by atoms with E-state index in [0.29, 0.717) is 6.54 Å². The third kappa shape index (κ3) is 12.3. The number of hydrazine groups is 2. The Labute approximate surface area is 128 Å². The van der Waals surface area contributed by atoms with E-state index >= 15 is 0 Å². The molecule has 0 unspecified atom stereocenters. The van der Waals surface area contributed by atoms with Crippen molar-refractivity contribution in [2.75, 3.05) is 6.54 Å². The van der Waals surface area contributed by atoms with Crippen molar-refractivity contribution in [2.24, 2.45) is 11.7 Å². The largest absolute Gasteiger partial charge is 0.294 e. The molecule has 0 heterocycles. The molecule has 0 aliphatic carbocycles. The first-order chi connectivity index (χ1) is 10.1. The van der Waals surface area contributed by atoms with E-state index in [1.54, 1.807) is 0 Å². The number of carbonyl (C=O) groups is 2. The van der Waals surface area contributed by atoms with Gasteiger partial charge in [-0.1, -0.05) is 64.7 Å². The van der Waals surface area contributed by atoms with Crippen LogP contribution in [0.3, 0.4) is 0 Å². The van der Waals surface area contributed by atoms with Crippen LogP contribution in [0.25, 0.3) is 0 Å². The zero-order chi connectivity index (χ0) is 15.9. The Morgan fingerprint density at radius 2 is 1.38 bits per heavy atom. The van der Waals surface area contributed by atoms with Gasteiger partial charge in [0.2, 0.25) is 11.8 Å². The van der Waals surface area contributed by atoms with Crippen LogP contribution in [0.2, 0.25) is 0 Å². The summed E-state index contributed by atoms with van der Waals surface area (Å²) in [5.74, 6) is 9.60. The minimum Gasteiger partial charge on any atom is -0.294 e. The molecule has 21 heavy (non-hydrogen) atoms. The number of hydrogen-bond acceptors (Lipinski definition) is 4. The molecule has 0 aliphatic rings. The monoisotopic (exact) mass is 300 g/mol. The highest BCUT2D eigenvalue weighted by Gasteiger charge is 2.12. The molecule has 0 aliphatic heterocycles. The van der Waals surface area contributed by atoms with Crippen molar-refractivity contribution in [3.63, 3.8) is 0 Å². The van der Waals surface area contributed by atoms with E-state index < -0.39 is 11.8 Å². The first-order valence-corrected chi connectivity index (χ1v) is 8.16. The van der Waals surface area contributed by atoms with Crippen LogP contribution in [0.5, 0.6) is 0 Å². The van der Waals surface area contributed by atoms with Crippen LogP contribution in [0.4, 0.5) is 0 Å². The van der Waals surface area contributed by atoms with Crippen molar-refractivity contribution in [3.05, 3.63) is 0 Å². The lowest BCUT2D eigenvalue weighted by atomic mass is 10.1.